The van der Waals surface area contributed by atoms with Gasteiger partial charge < -0.3 is 10.6 Å². The largest absolute Gasteiger partial charge is 0.354 e. The van der Waals surface area contributed by atoms with Crippen molar-refractivity contribution in [1.29, 1.82) is 0 Å². The van der Waals surface area contributed by atoms with Gasteiger partial charge in [-0.1, -0.05) is 45.6 Å². The van der Waals surface area contributed by atoms with Crippen molar-refractivity contribution < 1.29 is 18.0 Å². The van der Waals surface area contributed by atoms with Gasteiger partial charge in [0.05, 0.1) is 11.4 Å². The molecule has 0 bridgehead atoms. The summed E-state index contributed by atoms with van der Waals surface area (Å²) in [6.45, 7) is 5.32. The quantitative estimate of drug-likeness (QED) is 0.579. The fourth-order valence-electron chi connectivity index (χ4n) is 3.10. The predicted molar refractivity (Wildman–Crippen MR) is 108 cm³/mol. The van der Waals surface area contributed by atoms with Crippen LogP contribution < -0.4 is 10.6 Å². The zero-order valence-electron chi connectivity index (χ0n) is 16.7. The lowest BCUT2D eigenvalue weighted by Gasteiger charge is -2.26. The Morgan fingerprint density at radius 1 is 1.21 bits per heavy atom. The number of unbranched alkanes of at least 4 members (excludes halogenated alkanes) is 3. The molecule has 0 radical (unpaired) electrons. The average molecular weight is 410 g/mol. The van der Waals surface area contributed by atoms with Crippen LogP contribution in [0.1, 0.15) is 56.3 Å². The maximum absolute atomic E-state index is 12.7. The SMILES string of the molecule is CC(C)CCCCCCNC(=O)c1cccc(S(=O)(=O)N2CCNC(=O)C2)c1. The summed E-state index contributed by atoms with van der Waals surface area (Å²) >= 11 is 0. The Morgan fingerprint density at radius 3 is 2.68 bits per heavy atom. The Kier molecular flexibility index (Phi) is 8.44. The van der Waals surface area contributed by atoms with Crippen molar-refractivity contribution in [3.8, 4) is 0 Å². The number of nitrogens with one attached hydrogen (secondary N) is 2. The van der Waals surface area contributed by atoms with E-state index < -0.39 is 10.0 Å². The van der Waals surface area contributed by atoms with Gasteiger partial charge in [-0.25, -0.2) is 8.42 Å². The molecule has 1 saturated heterocycles. The number of carbonyl (C=O) groups is 2. The summed E-state index contributed by atoms with van der Waals surface area (Å²) in [4.78, 5) is 23.9. The van der Waals surface area contributed by atoms with Crippen molar-refractivity contribution in [2.24, 2.45) is 5.92 Å². The molecular weight excluding hydrogens is 378 g/mol. The van der Waals surface area contributed by atoms with Crippen molar-refractivity contribution in [2.75, 3.05) is 26.2 Å². The van der Waals surface area contributed by atoms with Gasteiger partial charge in [-0.15, -0.1) is 0 Å². The zero-order chi connectivity index (χ0) is 20.6. The van der Waals surface area contributed by atoms with Crippen LogP contribution in [0.15, 0.2) is 29.2 Å². The number of hydrogen-bond acceptors (Lipinski definition) is 4. The molecule has 2 rings (SSSR count). The van der Waals surface area contributed by atoms with Crippen LogP contribution in [0.25, 0.3) is 0 Å². The summed E-state index contributed by atoms with van der Waals surface area (Å²) in [5.74, 6) is 0.121. The van der Waals surface area contributed by atoms with Gasteiger partial charge in [0.15, 0.2) is 0 Å². The molecule has 2 amide bonds. The molecule has 1 fully saturated rings. The number of nitrogens with zero attached hydrogens (tertiary/aromatic N) is 1. The predicted octanol–water partition coefficient (Wildman–Crippen LogP) is 2.14. The van der Waals surface area contributed by atoms with Gasteiger partial charge in [0.2, 0.25) is 15.9 Å². The second kappa shape index (κ2) is 10.6. The number of benzene rings is 1. The van der Waals surface area contributed by atoms with E-state index in [1.165, 1.54) is 25.0 Å². The molecule has 0 aromatic heterocycles. The van der Waals surface area contributed by atoms with Crippen LogP contribution >= 0.6 is 0 Å². The lowest BCUT2D eigenvalue weighted by molar-refractivity contribution is -0.122. The van der Waals surface area contributed by atoms with E-state index in [9.17, 15) is 18.0 Å². The first kappa shape index (κ1) is 22.4. The minimum absolute atomic E-state index is 0.0311. The molecule has 0 aliphatic carbocycles. The van der Waals surface area contributed by atoms with Crippen LogP contribution in [0.2, 0.25) is 0 Å². The summed E-state index contributed by atoms with van der Waals surface area (Å²) in [7, 11) is -3.80. The molecule has 0 unspecified atom stereocenters. The highest BCUT2D eigenvalue weighted by atomic mass is 32.2. The Bertz CT molecular complexity index is 777. The van der Waals surface area contributed by atoms with Crippen molar-refractivity contribution >= 4 is 21.8 Å². The van der Waals surface area contributed by atoms with Gasteiger partial charge in [0, 0.05) is 25.2 Å². The van der Waals surface area contributed by atoms with Gasteiger partial charge in [0.1, 0.15) is 0 Å². The Labute approximate surface area is 167 Å². The monoisotopic (exact) mass is 409 g/mol. The molecule has 1 aromatic rings. The van der Waals surface area contributed by atoms with Gasteiger partial charge in [-0.05, 0) is 30.5 Å². The number of sulfonamides is 1. The first-order chi connectivity index (χ1) is 13.3. The van der Waals surface area contributed by atoms with Gasteiger partial charge in [-0.2, -0.15) is 4.31 Å². The fourth-order valence-corrected chi connectivity index (χ4v) is 4.55. The van der Waals surface area contributed by atoms with E-state index in [0.717, 1.165) is 29.5 Å². The number of amides is 2. The van der Waals surface area contributed by atoms with Crippen molar-refractivity contribution in [1.82, 2.24) is 14.9 Å². The van der Waals surface area contributed by atoms with Crippen LogP contribution in [0.3, 0.4) is 0 Å². The van der Waals surface area contributed by atoms with Crippen LogP contribution in [0, 0.1) is 5.92 Å². The normalized spacial score (nSPS) is 15.5. The molecule has 1 aromatic carbocycles. The smallest absolute Gasteiger partial charge is 0.251 e. The Hall–Kier alpha value is -1.93. The average Bonchev–Trinajstić information content (AvgIpc) is 2.67. The topological polar surface area (TPSA) is 95.6 Å². The van der Waals surface area contributed by atoms with Gasteiger partial charge >= 0.3 is 0 Å². The van der Waals surface area contributed by atoms with Crippen LogP contribution in [-0.4, -0.2) is 50.7 Å². The number of rotatable bonds is 10. The third kappa shape index (κ3) is 6.60. The molecule has 1 aliphatic rings. The molecular formula is C20H31N3O4S. The number of hydrogen-bond donors (Lipinski definition) is 2. The molecule has 7 nitrogen and oxygen atoms in total. The number of piperazine rings is 1. The molecule has 0 spiro atoms. The van der Waals surface area contributed by atoms with E-state index in [-0.39, 0.29) is 36.3 Å². The van der Waals surface area contributed by atoms with Crippen LogP contribution in [0.4, 0.5) is 0 Å². The molecule has 1 aliphatic heterocycles. The fraction of sp³-hybridized carbons (Fsp3) is 0.600. The van der Waals surface area contributed by atoms with E-state index in [1.807, 2.05) is 0 Å². The highest BCUT2D eigenvalue weighted by Gasteiger charge is 2.29. The van der Waals surface area contributed by atoms with E-state index >= 15 is 0 Å². The van der Waals surface area contributed by atoms with E-state index in [1.54, 1.807) is 12.1 Å². The molecule has 28 heavy (non-hydrogen) atoms. The van der Waals surface area contributed by atoms with Crippen LogP contribution in [0.5, 0.6) is 0 Å². The van der Waals surface area contributed by atoms with Gasteiger partial charge in [-0.3, -0.25) is 9.59 Å². The summed E-state index contributed by atoms with van der Waals surface area (Å²) in [5, 5.41) is 5.46. The molecule has 0 saturated carbocycles. The zero-order valence-corrected chi connectivity index (χ0v) is 17.6. The summed E-state index contributed by atoms with van der Waals surface area (Å²) in [6, 6.07) is 5.98. The lowest BCUT2D eigenvalue weighted by Crippen LogP contribution is -2.49. The minimum Gasteiger partial charge on any atom is -0.354 e. The minimum atomic E-state index is -3.80. The summed E-state index contributed by atoms with van der Waals surface area (Å²) in [6.07, 6.45) is 5.57. The highest BCUT2D eigenvalue weighted by molar-refractivity contribution is 7.89. The standard InChI is InChI=1S/C20H31N3O4S/c1-16(2)8-5-3-4-6-11-22-20(25)17-9-7-10-18(14-17)28(26,27)23-13-12-21-19(24)15-23/h7,9-10,14,16H,3-6,8,11-13,15H2,1-2H3,(H,21,24)(H,22,25). The first-order valence-corrected chi connectivity index (χ1v) is 11.4. The third-order valence-electron chi connectivity index (χ3n) is 4.73. The van der Waals surface area contributed by atoms with E-state index in [4.69, 9.17) is 0 Å². The molecule has 2 N–H and O–H groups in total. The maximum atomic E-state index is 12.7. The second-order valence-electron chi connectivity index (χ2n) is 7.57. The van der Waals surface area contributed by atoms with E-state index in [2.05, 4.69) is 24.5 Å². The van der Waals surface area contributed by atoms with Crippen LogP contribution in [-0.2, 0) is 14.8 Å². The Balaban J connectivity index is 1.88. The van der Waals surface area contributed by atoms with E-state index in [0.29, 0.717) is 12.1 Å². The van der Waals surface area contributed by atoms with Crippen molar-refractivity contribution in [3.63, 3.8) is 0 Å². The number of carbonyl (C=O) groups excluding carboxylic acids is 2. The highest BCUT2D eigenvalue weighted by Crippen LogP contribution is 2.18. The Morgan fingerprint density at radius 2 is 1.96 bits per heavy atom. The molecule has 1 heterocycles. The molecule has 156 valence electrons. The lowest BCUT2D eigenvalue weighted by atomic mass is 10.0. The molecule has 8 heteroatoms. The second-order valence-corrected chi connectivity index (χ2v) is 9.51. The van der Waals surface area contributed by atoms with Crippen molar-refractivity contribution in [3.05, 3.63) is 29.8 Å². The maximum Gasteiger partial charge on any atom is 0.251 e. The molecule has 0 atom stereocenters. The van der Waals surface area contributed by atoms with Crippen molar-refractivity contribution in [2.45, 2.75) is 50.8 Å². The summed E-state index contributed by atoms with van der Waals surface area (Å²) in [5.41, 5.74) is 0.308. The van der Waals surface area contributed by atoms with Gasteiger partial charge in [0.25, 0.3) is 5.91 Å². The summed E-state index contributed by atoms with van der Waals surface area (Å²) < 4.78 is 26.6. The first-order valence-electron chi connectivity index (χ1n) is 9.96. The third-order valence-corrected chi connectivity index (χ3v) is 6.57.